The van der Waals surface area contributed by atoms with Gasteiger partial charge in [0.2, 0.25) is 0 Å². The fourth-order valence-corrected chi connectivity index (χ4v) is 2.65. The van der Waals surface area contributed by atoms with Crippen molar-refractivity contribution in [2.24, 2.45) is 0 Å². The molecule has 0 saturated heterocycles. The summed E-state index contributed by atoms with van der Waals surface area (Å²) in [6.07, 6.45) is 0. The lowest BCUT2D eigenvalue weighted by Gasteiger charge is -2.19. The normalized spacial score (nSPS) is 12.4. The maximum Gasteiger partial charge on any atom is 0.154 e. The highest BCUT2D eigenvalue weighted by Gasteiger charge is 2.19. The number of hydrogen-bond donors (Lipinski definition) is 1. The molecule has 1 aromatic carbocycles. The molecule has 1 heterocycles. The van der Waals surface area contributed by atoms with Gasteiger partial charge in [-0.05, 0) is 33.8 Å². The number of rotatable bonds is 2. The van der Waals surface area contributed by atoms with Crippen LogP contribution in [0.3, 0.4) is 0 Å². The summed E-state index contributed by atoms with van der Waals surface area (Å²) in [4.78, 5) is 0. The van der Waals surface area contributed by atoms with Crippen LogP contribution in [0.1, 0.15) is 32.1 Å². The Bertz CT molecular complexity index is 626. The number of hydrogen-bond acceptors (Lipinski definition) is 2. The van der Waals surface area contributed by atoms with Crippen molar-refractivity contribution in [3.8, 4) is 0 Å². The van der Waals surface area contributed by atoms with E-state index in [9.17, 15) is 0 Å². The third-order valence-corrected chi connectivity index (χ3v) is 3.99. The molecule has 0 aliphatic rings. The summed E-state index contributed by atoms with van der Waals surface area (Å²) in [5.41, 5.74) is 1.58. The molecule has 2 rings (SSSR count). The highest BCUT2D eigenvalue weighted by atomic mass is 35.5. The third kappa shape index (κ3) is 3.03. The Morgan fingerprint density at radius 1 is 1.16 bits per heavy atom. The van der Waals surface area contributed by atoms with E-state index in [1.165, 1.54) is 0 Å². The Morgan fingerprint density at radius 3 is 2.37 bits per heavy atom. The minimum atomic E-state index is 0.0106. The second kappa shape index (κ2) is 5.17. The van der Waals surface area contributed by atoms with Crippen LogP contribution in [-0.2, 0) is 6.54 Å². The van der Waals surface area contributed by atoms with Crippen molar-refractivity contribution in [2.75, 3.05) is 0 Å². The van der Waals surface area contributed by atoms with Gasteiger partial charge in [0.05, 0.1) is 21.6 Å². The zero-order valence-electron chi connectivity index (χ0n) is 11.3. The van der Waals surface area contributed by atoms with Crippen molar-refractivity contribution < 1.29 is 4.42 Å². The molecule has 104 valence electrons. The molecule has 0 aliphatic heterocycles. The van der Waals surface area contributed by atoms with Crippen molar-refractivity contribution in [3.63, 3.8) is 0 Å². The lowest BCUT2D eigenvalue weighted by molar-refractivity contribution is 0.394. The van der Waals surface area contributed by atoms with Gasteiger partial charge in [0.25, 0.3) is 0 Å². The van der Waals surface area contributed by atoms with E-state index in [1.807, 2.05) is 6.92 Å². The molecule has 0 bridgehead atoms. The maximum atomic E-state index is 6.24. The molecule has 19 heavy (non-hydrogen) atoms. The number of nitrogens with one attached hydrogen (secondary N) is 1. The van der Waals surface area contributed by atoms with Crippen molar-refractivity contribution >= 4 is 45.8 Å². The van der Waals surface area contributed by atoms with Crippen LogP contribution in [0.5, 0.6) is 0 Å². The van der Waals surface area contributed by atoms with E-state index in [0.717, 1.165) is 16.7 Å². The van der Waals surface area contributed by atoms with Gasteiger partial charge >= 0.3 is 0 Å². The van der Waals surface area contributed by atoms with Crippen LogP contribution in [0.2, 0.25) is 15.1 Å². The molecule has 0 spiro atoms. The molecule has 0 amide bonds. The molecule has 2 aromatic rings. The lowest BCUT2D eigenvalue weighted by Crippen LogP contribution is -2.35. The van der Waals surface area contributed by atoms with Gasteiger partial charge in [0.15, 0.2) is 5.58 Å². The molecular formula is C14H16Cl3NO. The van der Waals surface area contributed by atoms with Gasteiger partial charge in [-0.15, -0.1) is 0 Å². The standard InChI is InChI=1S/C14H16Cl3NO/c1-7-10(6-18-14(2,3)4)19-13-9(16)5-8(15)12(17)11(7)13/h5,18H,6H2,1-4H3. The van der Waals surface area contributed by atoms with Crippen LogP contribution in [0.25, 0.3) is 11.0 Å². The number of furan rings is 1. The fraction of sp³-hybridized carbons (Fsp3) is 0.429. The zero-order valence-corrected chi connectivity index (χ0v) is 13.6. The average Bonchev–Trinajstić information content (AvgIpc) is 2.61. The summed E-state index contributed by atoms with van der Waals surface area (Å²) in [6.45, 7) is 8.88. The summed E-state index contributed by atoms with van der Waals surface area (Å²) in [5, 5.41) is 5.59. The molecule has 2 nitrogen and oxygen atoms in total. The summed E-state index contributed by atoms with van der Waals surface area (Å²) in [6, 6.07) is 1.61. The van der Waals surface area contributed by atoms with Crippen LogP contribution in [-0.4, -0.2) is 5.54 Å². The summed E-state index contributed by atoms with van der Waals surface area (Å²) < 4.78 is 5.82. The average molecular weight is 321 g/mol. The smallest absolute Gasteiger partial charge is 0.154 e. The van der Waals surface area contributed by atoms with Gasteiger partial charge in [-0.1, -0.05) is 34.8 Å². The van der Waals surface area contributed by atoms with E-state index < -0.39 is 0 Å². The Hall–Kier alpha value is -0.410. The summed E-state index contributed by atoms with van der Waals surface area (Å²) >= 11 is 18.4. The van der Waals surface area contributed by atoms with Gasteiger partial charge < -0.3 is 9.73 Å². The molecule has 1 N–H and O–H groups in total. The Labute approximate surface area is 128 Å². The van der Waals surface area contributed by atoms with E-state index in [0.29, 0.717) is 27.2 Å². The number of aryl methyl sites for hydroxylation is 1. The fourth-order valence-electron chi connectivity index (χ4n) is 1.87. The van der Waals surface area contributed by atoms with E-state index in [1.54, 1.807) is 6.07 Å². The predicted molar refractivity (Wildman–Crippen MR) is 82.6 cm³/mol. The first kappa shape index (κ1) is 15.0. The van der Waals surface area contributed by atoms with Crippen molar-refractivity contribution in [1.29, 1.82) is 0 Å². The minimum absolute atomic E-state index is 0.0106. The van der Waals surface area contributed by atoms with Gasteiger partial charge in [-0.25, -0.2) is 0 Å². The SMILES string of the molecule is Cc1c(CNC(C)(C)C)oc2c(Cl)cc(Cl)c(Cl)c12. The van der Waals surface area contributed by atoms with E-state index in [-0.39, 0.29) is 5.54 Å². The minimum Gasteiger partial charge on any atom is -0.458 e. The summed E-state index contributed by atoms with van der Waals surface area (Å²) in [5.74, 6) is 0.830. The highest BCUT2D eigenvalue weighted by molar-refractivity contribution is 6.47. The van der Waals surface area contributed by atoms with Crippen molar-refractivity contribution in [1.82, 2.24) is 5.32 Å². The Morgan fingerprint density at radius 2 is 1.79 bits per heavy atom. The first-order valence-corrected chi connectivity index (χ1v) is 7.14. The number of fused-ring (bicyclic) bond motifs is 1. The molecular weight excluding hydrogens is 305 g/mol. The predicted octanol–water partition coefficient (Wildman–Crippen LogP) is 5.59. The van der Waals surface area contributed by atoms with E-state index in [4.69, 9.17) is 39.2 Å². The highest BCUT2D eigenvalue weighted by Crippen LogP contribution is 2.40. The summed E-state index contributed by atoms with van der Waals surface area (Å²) in [7, 11) is 0. The quantitative estimate of drug-likeness (QED) is 0.730. The molecule has 0 atom stereocenters. The number of benzene rings is 1. The van der Waals surface area contributed by atoms with Gasteiger partial charge in [0.1, 0.15) is 5.76 Å². The third-order valence-electron chi connectivity index (χ3n) is 2.92. The molecule has 0 radical (unpaired) electrons. The van der Waals surface area contributed by atoms with Crippen LogP contribution >= 0.6 is 34.8 Å². The first-order valence-electron chi connectivity index (χ1n) is 6.01. The van der Waals surface area contributed by atoms with Gasteiger partial charge in [0, 0.05) is 16.5 Å². The first-order chi connectivity index (χ1) is 8.70. The maximum absolute atomic E-state index is 6.24. The second-order valence-electron chi connectivity index (χ2n) is 5.61. The Balaban J connectivity index is 2.51. The van der Waals surface area contributed by atoms with Crippen LogP contribution in [0.4, 0.5) is 0 Å². The molecule has 0 saturated carbocycles. The molecule has 0 aliphatic carbocycles. The van der Waals surface area contributed by atoms with Gasteiger partial charge in [-0.2, -0.15) is 0 Å². The second-order valence-corrected chi connectivity index (χ2v) is 6.80. The molecule has 0 unspecified atom stereocenters. The van der Waals surface area contributed by atoms with Crippen LogP contribution < -0.4 is 5.32 Å². The zero-order chi connectivity index (χ0) is 14.4. The molecule has 5 heteroatoms. The largest absolute Gasteiger partial charge is 0.458 e. The number of halogens is 3. The van der Waals surface area contributed by atoms with E-state index >= 15 is 0 Å². The van der Waals surface area contributed by atoms with Crippen LogP contribution in [0, 0.1) is 6.92 Å². The van der Waals surface area contributed by atoms with Crippen molar-refractivity contribution in [2.45, 2.75) is 39.8 Å². The van der Waals surface area contributed by atoms with Crippen molar-refractivity contribution in [3.05, 3.63) is 32.5 Å². The molecule has 1 aromatic heterocycles. The Kier molecular flexibility index (Phi) is 4.08. The van der Waals surface area contributed by atoms with Crippen LogP contribution in [0.15, 0.2) is 10.5 Å². The monoisotopic (exact) mass is 319 g/mol. The lowest BCUT2D eigenvalue weighted by atomic mass is 10.1. The topological polar surface area (TPSA) is 25.2 Å². The van der Waals surface area contributed by atoms with Gasteiger partial charge in [-0.3, -0.25) is 0 Å². The van der Waals surface area contributed by atoms with E-state index in [2.05, 4.69) is 26.1 Å². The molecule has 0 fully saturated rings.